The van der Waals surface area contributed by atoms with Crippen LogP contribution in [0.4, 0.5) is 4.79 Å². The van der Waals surface area contributed by atoms with Gasteiger partial charge in [0.25, 0.3) is 0 Å². The molecule has 0 heterocycles. The SMILES string of the molecule is CC(C)CN(C[C@@H](O)[C@@H](N)Cc1ccccc1)C(=O)OCc1ccccc1. The highest BCUT2D eigenvalue weighted by atomic mass is 16.6. The molecule has 2 atom stereocenters. The molecule has 0 saturated heterocycles. The summed E-state index contributed by atoms with van der Waals surface area (Å²) in [6, 6.07) is 18.9. The lowest BCUT2D eigenvalue weighted by atomic mass is 10.0. The molecule has 0 aromatic heterocycles. The first kappa shape index (κ1) is 20.9. The van der Waals surface area contributed by atoms with Crippen molar-refractivity contribution < 1.29 is 14.6 Å². The van der Waals surface area contributed by atoms with Crippen molar-refractivity contribution in [2.75, 3.05) is 13.1 Å². The van der Waals surface area contributed by atoms with E-state index in [0.717, 1.165) is 11.1 Å². The van der Waals surface area contributed by atoms with Crippen LogP contribution in [-0.2, 0) is 17.8 Å². The van der Waals surface area contributed by atoms with E-state index in [-0.39, 0.29) is 19.1 Å². The minimum atomic E-state index is -0.826. The fourth-order valence-electron chi connectivity index (χ4n) is 2.86. The molecule has 0 spiro atoms. The fourth-order valence-corrected chi connectivity index (χ4v) is 2.86. The van der Waals surface area contributed by atoms with E-state index in [1.165, 1.54) is 0 Å². The Morgan fingerprint density at radius 1 is 1.00 bits per heavy atom. The minimum Gasteiger partial charge on any atom is -0.445 e. The zero-order valence-electron chi connectivity index (χ0n) is 16.1. The molecule has 5 nitrogen and oxygen atoms in total. The normalized spacial score (nSPS) is 13.2. The monoisotopic (exact) mass is 370 g/mol. The maximum Gasteiger partial charge on any atom is 0.410 e. The van der Waals surface area contributed by atoms with Gasteiger partial charge >= 0.3 is 6.09 Å². The molecule has 0 aliphatic rings. The molecule has 0 bridgehead atoms. The maximum absolute atomic E-state index is 12.5. The van der Waals surface area contributed by atoms with Crippen LogP contribution in [0.1, 0.15) is 25.0 Å². The van der Waals surface area contributed by atoms with Gasteiger partial charge in [-0.3, -0.25) is 0 Å². The van der Waals surface area contributed by atoms with Crippen molar-refractivity contribution in [2.24, 2.45) is 11.7 Å². The predicted molar refractivity (Wildman–Crippen MR) is 107 cm³/mol. The summed E-state index contributed by atoms with van der Waals surface area (Å²) in [7, 11) is 0. The second kappa shape index (κ2) is 10.7. The summed E-state index contributed by atoms with van der Waals surface area (Å²) in [5, 5.41) is 10.5. The molecule has 27 heavy (non-hydrogen) atoms. The van der Waals surface area contributed by atoms with Gasteiger partial charge in [0.15, 0.2) is 0 Å². The number of hydrogen-bond donors (Lipinski definition) is 2. The minimum absolute atomic E-state index is 0.153. The van der Waals surface area contributed by atoms with Gasteiger partial charge in [0.05, 0.1) is 12.6 Å². The molecular formula is C22H30N2O3. The number of carbonyl (C=O) groups is 1. The zero-order chi connectivity index (χ0) is 19.6. The van der Waals surface area contributed by atoms with Crippen LogP contribution >= 0.6 is 0 Å². The van der Waals surface area contributed by atoms with E-state index in [9.17, 15) is 9.90 Å². The summed E-state index contributed by atoms with van der Waals surface area (Å²) < 4.78 is 5.43. The Balaban J connectivity index is 1.92. The molecule has 2 aromatic carbocycles. The number of hydrogen-bond acceptors (Lipinski definition) is 4. The molecule has 0 aliphatic heterocycles. The van der Waals surface area contributed by atoms with E-state index in [0.29, 0.717) is 13.0 Å². The van der Waals surface area contributed by atoms with E-state index < -0.39 is 18.2 Å². The largest absolute Gasteiger partial charge is 0.445 e. The number of aliphatic hydroxyl groups is 1. The highest BCUT2D eigenvalue weighted by Gasteiger charge is 2.24. The quantitative estimate of drug-likeness (QED) is 0.711. The summed E-state index contributed by atoms with van der Waals surface area (Å²) in [4.78, 5) is 14.1. The molecule has 3 N–H and O–H groups in total. The van der Waals surface area contributed by atoms with Crippen LogP contribution in [0.15, 0.2) is 60.7 Å². The molecule has 0 saturated carbocycles. The summed E-state index contributed by atoms with van der Waals surface area (Å²) in [5.41, 5.74) is 8.15. The van der Waals surface area contributed by atoms with Gasteiger partial charge in [-0.1, -0.05) is 74.5 Å². The van der Waals surface area contributed by atoms with Gasteiger partial charge in [0, 0.05) is 12.6 Å². The number of nitrogens with zero attached hydrogens (tertiary/aromatic N) is 1. The molecule has 0 fully saturated rings. The summed E-state index contributed by atoms with van der Waals surface area (Å²) in [6.45, 7) is 4.91. The third kappa shape index (κ3) is 7.41. The Morgan fingerprint density at radius 3 is 2.11 bits per heavy atom. The Bertz CT molecular complexity index is 676. The van der Waals surface area contributed by atoms with Gasteiger partial charge < -0.3 is 20.5 Å². The van der Waals surface area contributed by atoms with E-state index in [2.05, 4.69) is 0 Å². The van der Waals surface area contributed by atoms with Crippen molar-refractivity contribution >= 4 is 6.09 Å². The van der Waals surface area contributed by atoms with Crippen LogP contribution in [0, 0.1) is 5.92 Å². The van der Waals surface area contributed by atoms with Crippen LogP contribution in [0.5, 0.6) is 0 Å². The number of rotatable bonds is 9. The molecule has 2 rings (SSSR count). The standard InChI is InChI=1S/C22H30N2O3/c1-17(2)14-24(22(26)27-16-19-11-7-4-8-12-19)15-21(25)20(23)13-18-9-5-3-6-10-18/h3-12,17,20-21,25H,13-16,23H2,1-2H3/t20-,21+/m0/s1. The average molecular weight is 370 g/mol. The Hall–Kier alpha value is -2.37. The fraction of sp³-hybridized carbons (Fsp3) is 0.409. The van der Waals surface area contributed by atoms with E-state index in [1.807, 2.05) is 74.5 Å². The number of nitrogens with two attached hydrogens (primary N) is 1. The topological polar surface area (TPSA) is 75.8 Å². The third-order valence-electron chi connectivity index (χ3n) is 4.26. The number of aliphatic hydroxyl groups excluding tert-OH is 1. The third-order valence-corrected chi connectivity index (χ3v) is 4.26. The van der Waals surface area contributed by atoms with Gasteiger partial charge in [-0.2, -0.15) is 0 Å². The predicted octanol–water partition coefficient (Wildman–Crippen LogP) is 3.21. The number of carbonyl (C=O) groups excluding carboxylic acids is 1. The van der Waals surface area contributed by atoms with Crippen molar-refractivity contribution in [2.45, 2.75) is 39.0 Å². The van der Waals surface area contributed by atoms with E-state index in [4.69, 9.17) is 10.5 Å². The van der Waals surface area contributed by atoms with E-state index >= 15 is 0 Å². The summed E-state index contributed by atoms with van der Waals surface area (Å²) >= 11 is 0. The molecule has 5 heteroatoms. The van der Waals surface area contributed by atoms with Crippen LogP contribution in [0.25, 0.3) is 0 Å². The first-order chi connectivity index (χ1) is 13.0. The van der Waals surface area contributed by atoms with Gasteiger partial charge in [-0.05, 0) is 23.5 Å². The highest BCUT2D eigenvalue weighted by molar-refractivity contribution is 5.67. The summed E-state index contributed by atoms with van der Waals surface area (Å²) in [6.07, 6.45) is -0.705. The van der Waals surface area contributed by atoms with Crippen molar-refractivity contribution in [3.05, 3.63) is 71.8 Å². The second-order valence-electron chi connectivity index (χ2n) is 7.26. The molecule has 0 radical (unpaired) electrons. The van der Waals surface area contributed by atoms with Gasteiger partial charge in [0.1, 0.15) is 6.61 Å². The first-order valence-electron chi connectivity index (χ1n) is 9.39. The zero-order valence-corrected chi connectivity index (χ0v) is 16.1. The lowest BCUT2D eigenvalue weighted by Crippen LogP contribution is -2.47. The molecular weight excluding hydrogens is 340 g/mol. The number of benzene rings is 2. The van der Waals surface area contributed by atoms with Crippen LogP contribution in [0.2, 0.25) is 0 Å². The van der Waals surface area contributed by atoms with Crippen molar-refractivity contribution in [1.82, 2.24) is 4.90 Å². The molecule has 0 aliphatic carbocycles. The number of amides is 1. The Kier molecular flexibility index (Phi) is 8.30. The summed E-state index contributed by atoms with van der Waals surface area (Å²) in [5.74, 6) is 0.256. The first-order valence-corrected chi connectivity index (χ1v) is 9.39. The smallest absolute Gasteiger partial charge is 0.410 e. The van der Waals surface area contributed by atoms with Crippen LogP contribution < -0.4 is 5.73 Å². The maximum atomic E-state index is 12.5. The molecule has 2 aromatic rings. The average Bonchev–Trinajstić information content (AvgIpc) is 2.66. The van der Waals surface area contributed by atoms with E-state index in [1.54, 1.807) is 4.90 Å². The lowest BCUT2D eigenvalue weighted by Gasteiger charge is -2.28. The Morgan fingerprint density at radius 2 is 1.56 bits per heavy atom. The highest BCUT2D eigenvalue weighted by Crippen LogP contribution is 2.10. The van der Waals surface area contributed by atoms with Gasteiger partial charge in [-0.25, -0.2) is 4.79 Å². The Labute approximate surface area is 161 Å². The lowest BCUT2D eigenvalue weighted by molar-refractivity contribution is 0.0562. The van der Waals surface area contributed by atoms with Crippen molar-refractivity contribution in [1.29, 1.82) is 0 Å². The van der Waals surface area contributed by atoms with Crippen LogP contribution in [0.3, 0.4) is 0 Å². The number of ether oxygens (including phenoxy) is 1. The van der Waals surface area contributed by atoms with Crippen molar-refractivity contribution in [3.63, 3.8) is 0 Å². The second-order valence-corrected chi connectivity index (χ2v) is 7.26. The van der Waals surface area contributed by atoms with Gasteiger partial charge in [0.2, 0.25) is 0 Å². The van der Waals surface area contributed by atoms with Gasteiger partial charge in [-0.15, -0.1) is 0 Å². The molecule has 1 amide bonds. The molecule has 146 valence electrons. The van der Waals surface area contributed by atoms with Crippen molar-refractivity contribution in [3.8, 4) is 0 Å². The molecule has 0 unspecified atom stereocenters. The van der Waals surface area contributed by atoms with Crippen LogP contribution in [-0.4, -0.2) is 41.3 Å².